The van der Waals surface area contributed by atoms with Crippen LogP contribution >= 0.6 is 0 Å². The molecule has 0 spiro atoms. The molecule has 10 nitrogen and oxygen atoms in total. The summed E-state index contributed by atoms with van der Waals surface area (Å²) in [5.41, 5.74) is -0.684. The van der Waals surface area contributed by atoms with Gasteiger partial charge in [0.05, 0.1) is 17.7 Å². The number of ether oxygens (including phenoxy) is 2. The lowest BCUT2D eigenvalue weighted by Gasteiger charge is -2.39. The van der Waals surface area contributed by atoms with Crippen molar-refractivity contribution in [3.63, 3.8) is 0 Å². The van der Waals surface area contributed by atoms with Gasteiger partial charge in [0.2, 0.25) is 12.1 Å². The van der Waals surface area contributed by atoms with E-state index in [0.29, 0.717) is 0 Å². The van der Waals surface area contributed by atoms with E-state index in [9.17, 15) is 40.2 Å². The van der Waals surface area contributed by atoms with Gasteiger partial charge in [0.25, 0.3) is 0 Å². The molecular weight excluding hydrogens is 412 g/mol. The molecule has 6 N–H and O–H groups in total. The number of carbonyl (C=O) groups excluding carboxylic acids is 2. The van der Waals surface area contributed by atoms with Crippen molar-refractivity contribution in [2.45, 2.75) is 37.6 Å². The quantitative estimate of drug-likeness (QED) is 0.312. The highest BCUT2D eigenvalue weighted by molar-refractivity contribution is 6.30. The minimum atomic E-state index is -1.70. The standard InChI is InChI=1S/C21H20O10/c1-7-11(30-21-20(29)19(28)17(26)12(6-22)31-21)5-9-14(15(7)24)18(27)13-8(16(9)25)3-2-4-10(13)23/h2-5,12,17,19-24,26,28-29H,6H2,1H3. The van der Waals surface area contributed by atoms with Crippen LogP contribution in [0.25, 0.3) is 0 Å². The number of fused-ring (bicyclic) bond motifs is 2. The molecule has 0 amide bonds. The number of carbonyl (C=O) groups is 2. The lowest BCUT2D eigenvalue weighted by Crippen LogP contribution is -2.60. The molecule has 10 heteroatoms. The first kappa shape index (κ1) is 21.2. The van der Waals surface area contributed by atoms with E-state index in [-0.39, 0.29) is 39.3 Å². The Hall–Kier alpha value is -3.02. The molecule has 31 heavy (non-hydrogen) atoms. The lowest BCUT2D eigenvalue weighted by molar-refractivity contribution is -0.277. The highest BCUT2D eigenvalue weighted by Crippen LogP contribution is 2.42. The summed E-state index contributed by atoms with van der Waals surface area (Å²) in [6.07, 6.45) is -7.72. The molecule has 5 atom stereocenters. The third-order valence-electron chi connectivity index (χ3n) is 5.58. The number of hydrogen-bond donors (Lipinski definition) is 6. The van der Waals surface area contributed by atoms with Gasteiger partial charge in [-0.1, -0.05) is 12.1 Å². The van der Waals surface area contributed by atoms with Crippen molar-refractivity contribution >= 4 is 11.6 Å². The molecule has 0 aromatic heterocycles. The molecule has 4 rings (SSSR count). The van der Waals surface area contributed by atoms with Crippen LogP contribution < -0.4 is 4.74 Å². The van der Waals surface area contributed by atoms with E-state index < -0.39 is 54.6 Å². The van der Waals surface area contributed by atoms with Gasteiger partial charge in [-0.2, -0.15) is 0 Å². The summed E-state index contributed by atoms with van der Waals surface area (Å²) in [7, 11) is 0. The summed E-state index contributed by atoms with van der Waals surface area (Å²) >= 11 is 0. The molecule has 164 valence electrons. The Morgan fingerprint density at radius 3 is 2.35 bits per heavy atom. The van der Waals surface area contributed by atoms with E-state index in [1.807, 2.05) is 0 Å². The number of benzene rings is 2. The van der Waals surface area contributed by atoms with Gasteiger partial charge in [-0.3, -0.25) is 9.59 Å². The Kier molecular flexibility index (Phi) is 5.20. The number of aromatic hydroxyl groups is 2. The second-order valence-electron chi connectivity index (χ2n) is 7.44. The molecular formula is C21H20O10. The maximum atomic E-state index is 13.0. The van der Waals surface area contributed by atoms with Crippen LogP contribution in [0.4, 0.5) is 0 Å². The number of phenolic OH excluding ortho intramolecular Hbond substituents is 2. The van der Waals surface area contributed by atoms with Gasteiger partial charge in [0.15, 0.2) is 5.78 Å². The molecule has 1 heterocycles. The zero-order valence-electron chi connectivity index (χ0n) is 16.2. The van der Waals surface area contributed by atoms with Crippen molar-refractivity contribution in [1.29, 1.82) is 0 Å². The molecule has 5 unspecified atom stereocenters. The number of hydrogen-bond acceptors (Lipinski definition) is 10. The first-order valence-electron chi connectivity index (χ1n) is 9.42. The summed E-state index contributed by atoms with van der Waals surface area (Å²) in [5.74, 6) is -2.42. The Morgan fingerprint density at radius 2 is 1.68 bits per heavy atom. The van der Waals surface area contributed by atoms with E-state index in [1.165, 1.54) is 31.2 Å². The Balaban J connectivity index is 1.76. The van der Waals surface area contributed by atoms with Crippen LogP contribution in [0, 0.1) is 6.92 Å². The molecule has 1 aliphatic carbocycles. The fourth-order valence-corrected chi connectivity index (χ4v) is 3.80. The van der Waals surface area contributed by atoms with Gasteiger partial charge in [0, 0.05) is 16.7 Å². The van der Waals surface area contributed by atoms with Crippen molar-refractivity contribution in [3.8, 4) is 17.2 Å². The van der Waals surface area contributed by atoms with Crippen molar-refractivity contribution in [2.75, 3.05) is 6.61 Å². The minimum Gasteiger partial charge on any atom is -0.507 e. The van der Waals surface area contributed by atoms with Gasteiger partial charge >= 0.3 is 0 Å². The van der Waals surface area contributed by atoms with Crippen molar-refractivity contribution < 1.29 is 49.7 Å². The zero-order chi connectivity index (χ0) is 22.6. The Labute approximate surface area is 175 Å². The SMILES string of the molecule is Cc1c(OC2OC(CO)C(O)C(O)C2O)cc2c(c1O)C(=O)c1c(O)cccc1C2=O. The molecule has 2 aromatic rings. The molecule has 2 aliphatic rings. The number of rotatable bonds is 3. The Morgan fingerprint density at radius 1 is 0.968 bits per heavy atom. The average Bonchev–Trinajstić information content (AvgIpc) is 2.75. The first-order valence-corrected chi connectivity index (χ1v) is 9.42. The van der Waals surface area contributed by atoms with E-state index in [2.05, 4.69) is 0 Å². The van der Waals surface area contributed by atoms with E-state index in [0.717, 1.165) is 0 Å². The molecule has 1 saturated heterocycles. The third-order valence-corrected chi connectivity index (χ3v) is 5.58. The monoisotopic (exact) mass is 432 g/mol. The molecule has 2 aromatic carbocycles. The second-order valence-corrected chi connectivity index (χ2v) is 7.44. The first-order chi connectivity index (χ1) is 14.7. The van der Waals surface area contributed by atoms with Gasteiger partial charge in [-0.15, -0.1) is 0 Å². The summed E-state index contributed by atoms with van der Waals surface area (Å²) < 4.78 is 10.9. The van der Waals surface area contributed by atoms with E-state index in [1.54, 1.807) is 0 Å². The molecule has 1 fully saturated rings. The lowest BCUT2D eigenvalue weighted by atomic mass is 9.82. The fourth-order valence-electron chi connectivity index (χ4n) is 3.80. The van der Waals surface area contributed by atoms with Crippen molar-refractivity contribution in [1.82, 2.24) is 0 Å². The predicted molar refractivity (Wildman–Crippen MR) is 102 cm³/mol. The number of phenols is 2. The van der Waals surface area contributed by atoms with Gasteiger partial charge in [-0.05, 0) is 19.1 Å². The largest absolute Gasteiger partial charge is 0.507 e. The maximum Gasteiger partial charge on any atom is 0.229 e. The highest BCUT2D eigenvalue weighted by Gasteiger charge is 2.45. The van der Waals surface area contributed by atoms with Gasteiger partial charge in [0.1, 0.15) is 41.7 Å². The van der Waals surface area contributed by atoms with Gasteiger partial charge in [-0.25, -0.2) is 0 Å². The highest BCUT2D eigenvalue weighted by atomic mass is 16.7. The smallest absolute Gasteiger partial charge is 0.229 e. The van der Waals surface area contributed by atoms with Crippen LogP contribution in [0.1, 0.15) is 37.4 Å². The summed E-state index contributed by atoms with van der Waals surface area (Å²) in [4.78, 5) is 25.9. The molecule has 0 radical (unpaired) electrons. The normalized spacial score (nSPS) is 27.6. The topological polar surface area (TPSA) is 174 Å². The molecule has 0 bridgehead atoms. The fraction of sp³-hybridized carbons (Fsp3) is 0.333. The van der Waals surface area contributed by atoms with Gasteiger partial charge < -0.3 is 40.1 Å². The zero-order valence-corrected chi connectivity index (χ0v) is 16.2. The number of ketones is 2. The minimum absolute atomic E-state index is 0.0377. The van der Waals surface area contributed by atoms with E-state index in [4.69, 9.17) is 9.47 Å². The number of aliphatic hydroxyl groups is 4. The van der Waals surface area contributed by atoms with Crippen LogP contribution in [0.2, 0.25) is 0 Å². The maximum absolute atomic E-state index is 13.0. The van der Waals surface area contributed by atoms with Crippen molar-refractivity contribution in [2.24, 2.45) is 0 Å². The van der Waals surface area contributed by atoms with Crippen LogP contribution in [-0.4, -0.2) is 79.5 Å². The van der Waals surface area contributed by atoms with Crippen molar-refractivity contribution in [3.05, 3.63) is 52.1 Å². The third kappa shape index (κ3) is 3.16. The summed E-state index contributed by atoms with van der Waals surface area (Å²) in [6, 6.07) is 5.23. The van der Waals surface area contributed by atoms with E-state index >= 15 is 0 Å². The van der Waals surface area contributed by atoms with Crippen LogP contribution in [0.15, 0.2) is 24.3 Å². The average molecular weight is 432 g/mol. The van der Waals surface area contributed by atoms with Crippen LogP contribution in [-0.2, 0) is 4.74 Å². The number of aliphatic hydroxyl groups excluding tert-OH is 4. The second kappa shape index (κ2) is 7.59. The van der Waals surface area contributed by atoms with Crippen LogP contribution in [0.5, 0.6) is 17.2 Å². The summed E-state index contributed by atoms with van der Waals surface area (Å²) in [5, 5.41) is 60.0. The molecule has 0 saturated carbocycles. The summed E-state index contributed by atoms with van der Waals surface area (Å²) in [6.45, 7) is 0.736. The predicted octanol–water partition coefficient (Wildman–Crippen LogP) is -0.640. The van der Waals surface area contributed by atoms with Crippen LogP contribution in [0.3, 0.4) is 0 Å². The Bertz CT molecular complexity index is 1080. The molecule has 1 aliphatic heterocycles.